The first-order valence-electron chi connectivity index (χ1n) is 8.69. The van der Waals surface area contributed by atoms with Gasteiger partial charge in [-0.3, -0.25) is 14.3 Å². The van der Waals surface area contributed by atoms with E-state index in [-0.39, 0.29) is 18.4 Å². The van der Waals surface area contributed by atoms with Gasteiger partial charge in [0, 0.05) is 20.1 Å². The zero-order valence-electron chi connectivity index (χ0n) is 15.4. The number of fused-ring (bicyclic) bond motifs is 1. The second kappa shape index (κ2) is 8.80. The summed E-state index contributed by atoms with van der Waals surface area (Å²) in [7, 11) is 1.56. The summed E-state index contributed by atoms with van der Waals surface area (Å²) in [5, 5.41) is 6.90. The number of hydrogen-bond donors (Lipinski definition) is 1. The van der Waals surface area contributed by atoms with Gasteiger partial charge in [-0.05, 0) is 25.7 Å². The Labute approximate surface area is 149 Å². The smallest absolute Gasteiger partial charge is 0.257 e. The van der Waals surface area contributed by atoms with E-state index in [0.717, 1.165) is 30.7 Å². The number of hydrogen-bond acceptors (Lipinski definition) is 4. The lowest BCUT2D eigenvalue weighted by Gasteiger charge is -2.24. The molecule has 0 bridgehead atoms. The normalized spacial score (nSPS) is 16.2. The van der Waals surface area contributed by atoms with Crippen molar-refractivity contribution in [1.29, 1.82) is 0 Å². The summed E-state index contributed by atoms with van der Waals surface area (Å²) in [6.07, 6.45) is 3.53. The number of ether oxygens (including phenoxy) is 1. The predicted molar refractivity (Wildman–Crippen MR) is 95.3 cm³/mol. The van der Waals surface area contributed by atoms with Crippen molar-refractivity contribution in [2.45, 2.75) is 33.2 Å². The van der Waals surface area contributed by atoms with Crippen LogP contribution in [0.25, 0.3) is 0 Å². The van der Waals surface area contributed by atoms with Crippen LogP contribution in [-0.4, -0.2) is 59.8 Å². The molecule has 7 heteroatoms. The van der Waals surface area contributed by atoms with Gasteiger partial charge in [0.15, 0.2) is 0 Å². The Morgan fingerprint density at radius 3 is 2.96 bits per heavy atom. The van der Waals surface area contributed by atoms with E-state index < -0.39 is 0 Å². The van der Waals surface area contributed by atoms with Crippen LogP contribution >= 0.6 is 0 Å². The molecule has 1 unspecified atom stereocenters. The summed E-state index contributed by atoms with van der Waals surface area (Å²) in [5.74, 6) is 0.155. The summed E-state index contributed by atoms with van der Waals surface area (Å²) in [6, 6.07) is 0. The topological polar surface area (TPSA) is 76.5 Å². The molecular weight excluding hydrogens is 320 g/mol. The van der Waals surface area contributed by atoms with Gasteiger partial charge in [0.05, 0.1) is 37.2 Å². The van der Waals surface area contributed by atoms with Gasteiger partial charge in [0.2, 0.25) is 5.91 Å². The Morgan fingerprint density at radius 2 is 2.28 bits per heavy atom. The predicted octanol–water partition coefficient (Wildman–Crippen LogP) is 1.25. The summed E-state index contributed by atoms with van der Waals surface area (Å²) < 4.78 is 7.40. The van der Waals surface area contributed by atoms with E-state index in [4.69, 9.17) is 4.74 Å². The third kappa shape index (κ3) is 5.16. The zero-order valence-corrected chi connectivity index (χ0v) is 15.4. The van der Waals surface area contributed by atoms with Crippen molar-refractivity contribution in [2.75, 3.05) is 33.4 Å². The van der Waals surface area contributed by atoms with Crippen LogP contribution < -0.4 is 5.32 Å². The quantitative estimate of drug-likeness (QED) is 0.567. The average molecular weight is 348 g/mol. The molecule has 0 spiro atoms. The minimum absolute atomic E-state index is 0.00589. The molecule has 25 heavy (non-hydrogen) atoms. The number of nitrogens with one attached hydrogen (secondary N) is 1. The second-order valence-electron chi connectivity index (χ2n) is 6.74. The molecule has 0 saturated carbocycles. The maximum absolute atomic E-state index is 13.0. The number of rotatable bonds is 8. The molecule has 138 valence electrons. The van der Waals surface area contributed by atoms with E-state index >= 15 is 0 Å². The van der Waals surface area contributed by atoms with Gasteiger partial charge >= 0.3 is 0 Å². The highest BCUT2D eigenvalue weighted by Gasteiger charge is 2.27. The SMILES string of the molecule is C=C(C)COCCN(CC(=O)NC)C(=O)c1cnn2c1CC(C)CC2. The van der Waals surface area contributed by atoms with E-state index in [0.29, 0.717) is 31.2 Å². The molecule has 2 heterocycles. The van der Waals surface area contributed by atoms with Crippen LogP contribution in [0.15, 0.2) is 18.3 Å². The molecule has 0 radical (unpaired) electrons. The number of carbonyl (C=O) groups is 2. The first-order valence-corrected chi connectivity index (χ1v) is 8.69. The van der Waals surface area contributed by atoms with Crippen LogP contribution in [0.3, 0.4) is 0 Å². The fourth-order valence-electron chi connectivity index (χ4n) is 2.87. The van der Waals surface area contributed by atoms with Gasteiger partial charge in [0.1, 0.15) is 0 Å². The molecule has 2 rings (SSSR count). The third-order valence-electron chi connectivity index (χ3n) is 4.31. The van der Waals surface area contributed by atoms with Crippen LogP contribution in [0, 0.1) is 5.92 Å². The van der Waals surface area contributed by atoms with Gasteiger partial charge in [-0.15, -0.1) is 0 Å². The van der Waals surface area contributed by atoms with Gasteiger partial charge in [-0.1, -0.05) is 19.1 Å². The van der Waals surface area contributed by atoms with E-state index in [1.807, 2.05) is 11.6 Å². The summed E-state index contributed by atoms with van der Waals surface area (Å²) >= 11 is 0. The molecule has 1 aromatic rings. The summed E-state index contributed by atoms with van der Waals surface area (Å²) in [5.41, 5.74) is 2.48. The van der Waals surface area contributed by atoms with Crippen LogP contribution in [0.5, 0.6) is 0 Å². The van der Waals surface area contributed by atoms with Crippen molar-refractivity contribution >= 4 is 11.8 Å². The molecule has 1 atom stereocenters. The number of carbonyl (C=O) groups excluding carboxylic acids is 2. The largest absolute Gasteiger partial charge is 0.375 e. The molecule has 1 N–H and O–H groups in total. The van der Waals surface area contributed by atoms with Gasteiger partial charge in [0.25, 0.3) is 5.91 Å². The number of likely N-dealkylation sites (N-methyl/N-ethyl adjacent to an activating group) is 1. The molecule has 1 aliphatic heterocycles. The molecule has 0 aliphatic carbocycles. The molecule has 0 aromatic carbocycles. The molecular formula is C18H28N4O3. The van der Waals surface area contributed by atoms with Crippen molar-refractivity contribution in [3.05, 3.63) is 29.6 Å². The Bertz CT molecular complexity index is 638. The van der Waals surface area contributed by atoms with Crippen molar-refractivity contribution in [3.63, 3.8) is 0 Å². The average Bonchev–Trinajstić information content (AvgIpc) is 2.99. The van der Waals surface area contributed by atoms with E-state index in [9.17, 15) is 9.59 Å². The van der Waals surface area contributed by atoms with E-state index in [2.05, 4.69) is 23.9 Å². The Morgan fingerprint density at radius 1 is 1.52 bits per heavy atom. The summed E-state index contributed by atoms with van der Waals surface area (Å²) in [6.45, 7) is 9.84. The number of amides is 2. The molecule has 0 fully saturated rings. The molecule has 1 aliphatic rings. The fraction of sp³-hybridized carbons (Fsp3) is 0.611. The van der Waals surface area contributed by atoms with E-state index in [1.54, 1.807) is 13.2 Å². The molecule has 1 aromatic heterocycles. The highest BCUT2D eigenvalue weighted by molar-refractivity contribution is 5.97. The van der Waals surface area contributed by atoms with Crippen LogP contribution in [0.2, 0.25) is 0 Å². The number of aromatic nitrogens is 2. The molecule has 0 saturated heterocycles. The Kier molecular flexibility index (Phi) is 6.75. The number of nitrogens with zero attached hydrogens (tertiary/aromatic N) is 3. The first-order chi connectivity index (χ1) is 11.9. The highest BCUT2D eigenvalue weighted by Crippen LogP contribution is 2.23. The minimum Gasteiger partial charge on any atom is -0.375 e. The standard InChI is InChI=1S/C18H28N4O3/c1-13(2)12-25-8-7-21(11-17(23)19-4)18(24)15-10-20-22-6-5-14(3)9-16(15)22/h10,14H,1,5-9,11-12H2,2-4H3,(H,19,23). The maximum Gasteiger partial charge on any atom is 0.257 e. The molecule has 2 amide bonds. The minimum atomic E-state index is -0.206. The van der Waals surface area contributed by atoms with Crippen LogP contribution in [0.1, 0.15) is 36.3 Å². The third-order valence-corrected chi connectivity index (χ3v) is 4.31. The maximum atomic E-state index is 13.0. The lowest BCUT2D eigenvalue weighted by Crippen LogP contribution is -2.41. The van der Waals surface area contributed by atoms with Crippen molar-refractivity contribution in [1.82, 2.24) is 20.0 Å². The monoisotopic (exact) mass is 348 g/mol. The Balaban J connectivity index is 2.10. The van der Waals surface area contributed by atoms with Crippen LogP contribution in [-0.2, 0) is 22.5 Å². The van der Waals surface area contributed by atoms with Crippen molar-refractivity contribution in [3.8, 4) is 0 Å². The van der Waals surface area contributed by atoms with Gasteiger partial charge in [-0.2, -0.15) is 5.10 Å². The lowest BCUT2D eigenvalue weighted by molar-refractivity contribution is -0.121. The summed E-state index contributed by atoms with van der Waals surface area (Å²) in [4.78, 5) is 26.3. The van der Waals surface area contributed by atoms with Crippen LogP contribution in [0.4, 0.5) is 0 Å². The molecule has 7 nitrogen and oxygen atoms in total. The number of aryl methyl sites for hydroxylation is 1. The van der Waals surface area contributed by atoms with E-state index in [1.165, 1.54) is 4.90 Å². The first kappa shape index (κ1) is 19.2. The van der Waals surface area contributed by atoms with Gasteiger partial charge in [-0.25, -0.2) is 0 Å². The fourth-order valence-corrected chi connectivity index (χ4v) is 2.87. The second-order valence-corrected chi connectivity index (χ2v) is 6.74. The highest BCUT2D eigenvalue weighted by atomic mass is 16.5. The zero-order chi connectivity index (χ0) is 18.4. The lowest BCUT2D eigenvalue weighted by atomic mass is 9.96. The Hall–Kier alpha value is -2.15. The van der Waals surface area contributed by atoms with Crippen molar-refractivity contribution < 1.29 is 14.3 Å². The van der Waals surface area contributed by atoms with Crippen molar-refractivity contribution in [2.24, 2.45) is 5.92 Å². The van der Waals surface area contributed by atoms with Gasteiger partial charge < -0.3 is 15.0 Å².